The highest BCUT2D eigenvalue weighted by Gasteiger charge is 2.31. The summed E-state index contributed by atoms with van der Waals surface area (Å²) in [5.74, 6) is 0.0135. The number of fused-ring (bicyclic) bond motifs is 1. The summed E-state index contributed by atoms with van der Waals surface area (Å²) in [6, 6.07) is 13.2. The fourth-order valence-electron chi connectivity index (χ4n) is 3.18. The maximum Gasteiger partial charge on any atom is 0.321 e. The third-order valence-corrected chi connectivity index (χ3v) is 5.50. The summed E-state index contributed by atoms with van der Waals surface area (Å²) in [4.78, 5) is 30.8. The molecule has 2 aromatic carbocycles. The number of nitrogens with zero attached hydrogens (tertiary/aromatic N) is 2. The van der Waals surface area contributed by atoms with E-state index in [1.807, 2.05) is 56.3 Å². The van der Waals surface area contributed by atoms with Crippen LogP contribution in [-0.4, -0.2) is 29.5 Å². The molecule has 0 radical (unpaired) electrons. The first-order valence-corrected chi connectivity index (χ1v) is 9.61. The molecular formula is C20H20N4O2S. The first-order valence-electron chi connectivity index (χ1n) is 8.80. The summed E-state index contributed by atoms with van der Waals surface area (Å²) in [6.45, 7) is 4.50. The van der Waals surface area contributed by atoms with Crippen molar-refractivity contribution in [1.82, 2.24) is 10.3 Å². The Hall–Kier alpha value is -2.93. The number of hydrogen-bond donors (Lipinski definition) is 2. The van der Waals surface area contributed by atoms with Gasteiger partial charge in [0.1, 0.15) is 0 Å². The molecule has 2 heterocycles. The highest BCUT2D eigenvalue weighted by atomic mass is 32.1. The van der Waals surface area contributed by atoms with E-state index in [9.17, 15) is 9.59 Å². The molecule has 0 bridgehead atoms. The molecular weight excluding hydrogens is 360 g/mol. The molecule has 0 unspecified atom stereocenters. The number of carbonyl (C=O) groups is 2. The number of rotatable bonds is 3. The lowest BCUT2D eigenvalue weighted by Crippen LogP contribution is -2.39. The van der Waals surface area contributed by atoms with Crippen molar-refractivity contribution in [3.63, 3.8) is 0 Å². The summed E-state index contributed by atoms with van der Waals surface area (Å²) in [6.07, 6.45) is 0.292. The zero-order chi connectivity index (χ0) is 19.0. The van der Waals surface area contributed by atoms with Gasteiger partial charge in [0.15, 0.2) is 5.13 Å². The van der Waals surface area contributed by atoms with Crippen molar-refractivity contribution in [3.8, 4) is 0 Å². The van der Waals surface area contributed by atoms with Gasteiger partial charge in [0.25, 0.3) is 0 Å². The fraction of sp³-hybridized carbons (Fsp3) is 0.250. The predicted octanol–water partition coefficient (Wildman–Crippen LogP) is 3.84. The lowest BCUT2D eigenvalue weighted by atomic mass is 10.2. The minimum absolute atomic E-state index is 0.0135. The highest BCUT2D eigenvalue weighted by molar-refractivity contribution is 7.22. The number of hydrogen-bond acceptors (Lipinski definition) is 4. The van der Waals surface area contributed by atoms with E-state index in [0.29, 0.717) is 18.1 Å². The quantitative estimate of drug-likeness (QED) is 0.725. The molecule has 0 saturated carbocycles. The van der Waals surface area contributed by atoms with Crippen LogP contribution in [0.2, 0.25) is 0 Å². The zero-order valence-electron chi connectivity index (χ0n) is 15.2. The second kappa shape index (κ2) is 7.00. The van der Waals surface area contributed by atoms with E-state index in [1.165, 1.54) is 11.3 Å². The van der Waals surface area contributed by atoms with Gasteiger partial charge in [-0.05, 0) is 43.7 Å². The van der Waals surface area contributed by atoms with Gasteiger partial charge >= 0.3 is 6.03 Å². The van der Waals surface area contributed by atoms with Crippen LogP contribution in [0, 0.1) is 13.8 Å². The summed E-state index contributed by atoms with van der Waals surface area (Å²) < 4.78 is 1.03. The Labute approximate surface area is 161 Å². The molecule has 27 heavy (non-hydrogen) atoms. The minimum Gasteiger partial charge on any atom is -0.333 e. The van der Waals surface area contributed by atoms with Crippen LogP contribution in [0.25, 0.3) is 10.2 Å². The third kappa shape index (κ3) is 3.78. The zero-order valence-corrected chi connectivity index (χ0v) is 16.0. The fourth-order valence-corrected chi connectivity index (χ4v) is 4.14. The van der Waals surface area contributed by atoms with Crippen LogP contribution in [0.5, 0.6) is 0 Å². The Kier molecular flexibility index (Phi) is 4.53. The van der Waals surface area contributed by atoms with Gasteiger partial charge in [0, 0.05) is 18.7 Å². The summed E-state index contributed by atoms with van der Waals surface area (Å²) in [5.41, 5.74) is 4.02. The van der Waals surface area contributed by atoms with E-state index in [0.717, 1.165) is 27.0 Å². The molecule has 0 spiro atoms. The van der Waals surface area contributed by atoms with E-state index in [2.05, 4.69) is 15.6 Å². The SMILES string of the molecule is Cc1ccc(N2C[C@@H](NC(=O)Nc3nc4ccc(C)cc4s3)CC2=O)cc1. The van der Waals surface area contributed by atoms with Gasteiger partial charge in [-0.3, -0.25) is 10.1 Å². The third-order valence-electron chi connectivity index (χ3n) is 4.57. The molecule has 0 aliphatic carbocycles. The Morgan fingerprint density at radius 2 is 1.89 bits per heavy atom. The van der Waals surface area contributed by atoms with Crippen LogP contribution in [-0.2, 0) is 4.79 Å². The van der Waals surface area contributed by atoms with Crippen LogP contribution in [0.15, 0.2) is 42.5 Å². The summed E-state index contributed by atoms with van der Waals surface area (Å²) in [7, 11) is 0. The molecule has 1 saturated heterocycles. The molecule has 1 aliphatic heterocycles. The number of aromatic nitrogens is 1. The first kappa shape index (κ1) is 17.5. The van der Waals surface area contributed by atoms with Crippen LogP contribution < -0.4 is 15.5 Å². The predicted molar refractivity (Wildman–Crippen MR) is 108 cm³/mol. The van der Waals surface area contributed by atoms with E-state index in [4.69, 9.17) is 0 Å². The van der Waals surface area contributed by atoms with Crippen LogP contribution in [0.1, 0.15) is 17.5 Å². The number of nitrogens with one attached hydrogen (secondary N) is 2. The van der Waals surface area contributed by atoms with Gasteiger partial charge < -0.3 is 10.2 Å². The lowest BCUT2D eigenvalue weighted by Gasteiger charge is -2.17. The topological polar surface area (TPSA) is 74.3 Å². The average molecular weight is 380 g/mol. The highest BCUT2D eigenvalue weighted by Crippen LogP contribution is 2.27. The Bertz CT molecular complexity index is 1010. The number of carbonyl (C=O) groups excluding carboxylic acids is 2. The van der Waals surface area contributed by atoms with E-state index < -0.39 is 0 Å². The molecule has 7 heteroatoms. The Morgan fingerprint density at radius 3 is 2.67 bits per heavy atom. The molecule has 3 aromatic rings. The van der Waals surface area contributed by atoms with Crippen molar-refractivity contribution < 1.29 is 9.59 Å². The first-order chi connectivity index (χ1) is 13.0. The van der Waals surface area contributed by atoms with Gasteiger partial charge in [0.2, 0.25) is 5.91 Å². The van der Waals surface area contributed by atoms with Gasteiger partial charge in [-0.15, -0.1) is 0 Å². The van der Waals surface area contributed by atoms with Crippen molar-refractivity contribution in [2.24, 2.45) is 0 Å². The lowest BCUT2D eigenvalue weighted by molar-refractivity contribution is -0.117. The monoisotopic (exact) mass is 380 g/mol. The van der Waals surface area contributed by atoms with Crippen molar-refractivity contribution >= 4 is 44.3 Å². The second-order valence-corrected chi connectivity index (χ2v) is 7.86. The summed E-state index contributed by atoms with van der Waals surface area (Å²) in [5, 5.41) is 6.21. The number of urea groups is 1. The van der Waals surface area contributed by atoms with Crippen molar-refractivity contribution in [2.75, 3.05) is 16.8 Å². The van der Waals surface area contributed by atoms with E-state index in [-0.39, 0.29) is 18.0 Å². The van der Waals surface area contributed by atoms with Gasteiger partial charge in [-0.1, -0.05) is 35.1 Å². The van der Waals surface area contributed by atoms with E-state index >= 15 is 0 Å². The molecule has 4 rings (SSSR count). The van der Waals surface area contributed by atoms with Crippen molar-refractivity contribution in [2.45, 2.75) is 26.3 Å². The summed E-state index contributed by atoms with van der Waals surface area (Å²) >= 11 is 1.44. The normalized spacial score (nSPS) is 16.7. The Balaban J connectivity index is 1.39. The average Bonchev–Trinajstić information content (AvgIpc) is 3.17. The van der Waals surface area contributed by atoms with Crippen LogP contribution in [0.4, 0.5) is 15.6 Å². The molecule has 3 amide bonds. The molecule has 1 fully saturated rings. The smallest absolute Gasteiger partial charge is 0.321 e. The number of anilines is 2. The molecule has 6 nitrogen and oxygen atoms in total. The van der Waals surface area contributed by atoms with Crippen LogP contribution >= 0.6 is 11.3 Å². The molecule has 1 atom stereocenters. The second-order valence-electron chi connectivity index (χ2n) is 6.83. The molecule has 1 aliphatic rings. The standard InChI is InChI=1S/C20H20N4O2S/c1-12-3-6-15(7-4-12)24-11-14(10-18(24)25)21-19(26)23-20-22-16-8-5-13(2)9-17(16)27-20/h3-9,14H,10-11H2,1-2H3,(H2,21,22,23,26)/t14-/m0/s1. The maximum atomic E-state index is 12.3. The van der Waals surface area contributed by atoms with E-state index in [1.54, 1.807) is 4.90 Å². The van der Waals surface area contributed by atoms with Gasteiger partial charge in [-0.2, -0.15) is 0 Å². The Morgan fingerprint density at radius 1 is 1.15 bits per heavy atom. The number of thiazole rings is 1. The minimum atomic E-state index is -0.339. The van der Waals surface area contributed by atoms with Gasteiger partial charge in [0.05, 0.1) is 16.3 Å². The van der Waals surface area contributed by atoms with Crippen LogP contribution in [0.3, 0.4) is 0 Å². The number of aryl methyl sites for hydroxylation is 2. The number of amides is 3. The molecule has 1 aromatic heterocycles. The maximum absolute atomic E-state index is 12.3. The number of benzene rings is 2. The van der Waals surface area contributed by atoms with Crippen molar-refractivity contribution in [3.05, 3.63) is 53.6 Å². The van der Waals surface area contributed by atoms with Crippen molar-refractivity contribution in [1.29, 1.82) is 0 Å². The molecule has 2 N–H and O–H groups in total. The van der Waals surface area contributed by atoms with Gasteiger partial charge in [-0.25, -0.2) is 9.78 Å². The molecule has 138 valence electrons. The largest absolute Gasteiger partial charge is 0.333 e.